The predicted molar refractivity (Wildman–Crippen MR) is 81.6 cm³/mol. The minimum absolute atomic E-state index is 0.0532. The van der Waals surface area contributed by atoms with Gasteiger partial charge in [-0.1, -0.05) is 0 Å². The van der Waals surface area contributed by atoms with Gasteiger partial charge in [0.1, 0.15) is 11.6 Å². The van der Waals surface area contributed by atoms with E-state index in [-0.39, 0.29) is 10.6 Å². The van der Waals surface area contributed by atoms with Crippen LogP contribution in [0.15, 0.2) is 47.4 Å². The maximum Gasteiger partial charge on any atom is 0.258 e. The summed E-state index contributed by atoms with van der Waals surface area (Å²) in [5.41, 5.74) is -0.175. The van der Waals surface area contributed by atoms with Crippen molar-refractivity contribution < 1.29 is 22.0 Å². The van der Waals surface area contributed by atoms with Crippen LogP contribution in [0.5, 0.6) is 0 Å². The zero-order valence-electron chi connectivity index (χ0n) is 12.4. The number of nitrogens with one attached hydrogen (secondary N) is 1. The van der Waals surface area contributed by atoms with E-state index in [4.69, 9.17) is 0 Å². The maximum atomic E-state index is 13.5. The summed E-state index contributed by atoms with van der Waals surface area (Å²) in [4.78, 5) is 12.0. The van der Waals surface area contributed by atoms with Crippen LogP contribution in [0.3, 0.4) is 0 Å². The maximum absolute atomic E-state index is 13.5. The third kappa shape index (κ3) is 3.72. The normalized spacial score (nSPS) is 11.5. The molecule has 122 valence electrons. The van der Waals surface area contributed by atoms with Gasteiger partial charge >= 0.3 is 0 Å². The molecule has 2 rings (SSSR count). The Morgan fingerprint density at radius 1 is 1.04 bits per heavy atom. The van der Waals surface area contributed by atoms with Gasteiger partial charge in [-0.3, -0.25) is 4.79 Å². The molecule has 0 saturated carbocycles. The average molecular weight is 340 g/mol. The van der Waals surface area contributed by atoms with Crippen molar-refractivity contribution in [2.45, 2.75) is 4.90 Å². The van der Waals surface area contributed by atoms with E-state index in [2.05, 4.69) is 5.32 Å². The highest BCUT2D eigenvalue weighted by atomic mass is 32.2. The van der Waals surface area contributed by atoms with Crippen LogP contribution in [0.25, 0.3) is 0 Å². The Hall–Kier alpha value is -2.32. The fourth-order valence-electron chi connectivity index (χ4n) is 1.79. The van der Waals surface area contributed by atoms with Crippen molar-refractivity contribution in [3.8, 4) is 0 Å². The number of anilines is 1. The number of hydrogen-bond donors (Lipinski definition) is 1. The number of hydrogen-bond acceptors (Lipinski definition) is 3. The summed E-state index contributed by atoms with van der Waals surface area (Å²) in [6, 6.07) is 7.91. The number of rotatable bonds is 4. The number of carbonyl (C=O) groups is 1. The van der Waals surface area contributed by atoms with Crippen LogP contribution in [-0.4, -0.2) is 32.7 Å². The quantitative estimate of drug-likeness (QED) is 0.930. The molecule has 0 spiro atoms. The average Bonchev–Trinajstić information content (AvgIpc) is 2.50. The molecule has 0 bridgehead atoms. The smallest absolute Gasteiger partial charge is 0.258 e. The Labute approximate surface area is 132 Å². The molecule has 0 unspecified atom stereocenters. The second kappa shape index (κ2) is 6.43. The van der Waals surface area contributed by atoms with E-state index in [1.54, 1.807) is 0 Å². The van der Waals surface area contributed by atoms with E-state index in [0.717, 1.165) is 22.5 Å². The zero-order chi connectivity index (χ0) is 17.2. The first-order valence-electron chi connectivity index (χ1n) is 6.51. The molecular formula is C15H14F2N2O3S. The highest BCUT2D eigenvalue weighted by molar-refractivity contribution is 7.89. The third-order valence-electron chi connectivity index (χ3n) is 3.06. The van der Waals surface area contributed by atoms with Gasteiger partial charge in [-0.15, -0.1) is 0 Å². The summed E-state index contributed by atoms with van der Waals surface area (Å²) in [5, 5.41) is 2.38. The highest BCUT2D eigenvalue weighted by Gasteiger charge is 2.17. The first-order chi connectivity index (χ1) is 10.7. The van der Waals surface area contributed by atoms with Crippen LogP contribution in [0, 0.1) is 11.6 Å². The fourth-order valence-corrected chi connectivity index (χ4v) is 2.69. The molecule has 2 aromatic rings. The Balaban J connectivity index is 2.21. The van der Waals surface area contributed by atoms with Gasteiger partial charge in [0.2, 0.25) is 10.0 Å². The van der Waals surface area contributed by atoms with Gasteiger partial charge < -0.3 is 5.32 Å². The molecule has 0 aromatic heterocycles. The van der Waals surface area contributed by atoms with Gasteiger partial charge in [-0.2, -0.15) is 0 Å². The Morgan fingerprint density at radius 2 is 1.65 bits per heavy atom. The van der Waals surface area contributed by atoms with Crippen molar-refractivity contribution in [3.63, 3.8) is 0 Å². The minimum Gasteiger partial charge on any atom is -0.322 e. The lowest BCUT2D eigenvalue weighted by Crippen LogP contribution is -2.22. The molecule has 8 heteroatoms. The minimum atomic E-state index is -3.58. The van der Waals surface area contributed by atoms with Crippen LogP contribution in [0.4, 0.5) is 14.5 Å². The molecule has 0 aliphatic rings. The number of sulfonamides is 1. The number of nitrogens with zero attached hydrogens (tertiary/aromatic N) is 1. The van der Waals surface area contributed by atoms with Gasteiger partial charge in [-0.25, -0.2) is 21.5 Å². The van der Waals surface area contributed by atoms with E-state index >= 15 is 0 Å². The Bertz CT molecular complexity index is 834. The summed E-state index contributed by atoms with van der Waals surface area (Å²) in [6.07, 6.45) is 0. The van der Waals surface area contributed by atoms with E-state index < -0.39 is 33.1 Å². The molecule has 1 amide bonds. The van der Waals surface area contributed by atoms with Gasteiger partial charge in [0.05, 0.1) is 10.5 Å². The molecule has 0 fully saturated rings. The molecule has 2 aromatic carbocycles. The lowest BCUT2D eigenvalue weighted by Gasteiger charge is -2.12. The summed E-state index contributed by atoms with van der Waals surface area (Å²) < 4.78 is 51.5. The van der Waals surface area contributed by atoms with Gasteiger partial charge in [0.25, 0.3) is 5.91 Å². The van der Waals surface area contributed by atoms with Gasteiger partial charge in [-0.05, 0) is 42.5 Å². The van der Waals surface area contributed by atoms with Crippen molar-refractivity contribution in [1.82, 2.24) is 4.31 Å². The second-order valence-corrected chi connectivity index (χ2v) is 7.04. The standard InChI is InChI=1S/C15H14F2N2O3S/c1-19(2)23(21,22)12-6-4-11(5-7-12)18-15(20)13-9-10(16)3-8-14(13)17/h3-9H,1-2H3,(H,18,20). The lowest BCUT2D eigenvalue weighted by molar-refractivity contribution is 0.102. The van der Waals surface area contributed by atoms with Crippen molar-refractivity contribution >= 4 is 21.6 Å². The van der Waals surface area contributed by atoms with E-state index in [9.17, 15) is 22.0 Å². The van der Waals surface area contributed by atoms with E-state index in [0.29, 0.717) is 0 Å². The molecule has 0 aliphatic carbocycles. The first kappa shape index (κ1) is 17.0. The second-order valence-electron chi connectivity index (χ2n) is 4.89. The molecule has 23 heavy (non-hydrogen) atoms. The van der Waals surface area contributed by atoms with Crippen molar-refractivity contribution in [2.75, 3.05) is 19.4 Å². The van der Waals surface area contributed by atoms with Crippen LogP contribution in [0.2, 0.25) is 0 Å². The molecule has 5 nitrogen and oxygen atoms in total. The highest BCUT2D eigenvalue weighted by Crippen LogP contribution is 2.18. The number of halogens is 2. The van der Waals surface area contributed by atoms with Crippen LogP contribution in [-0.2, 0) is 10.0 Å². The predicted octanol–water partition coefficient (Wildman–Crippen LogP) is 2.47. The molecule has 0 saturated heterocycles. The van der Waals surface area contributed by atoms with Gasteiger partial charge in [0.15, 0.2) is 0 Å². The Morgan fingerprint density at radius 3 is 2.22 bits per heavy atom. The molecule has 0 atom stereocenters. The summed E-state index contributed by atoms with van der Waals surface area (Å²) >= 11 is 0. The number of carbonyl (C=O) groups excluding carboxylic acids is 1. The lowest BCUT2D eigenvalue weighted by atomic mass is 10.2. The Kier molecular flexibility index (Phi) is 4.76. The molecule has 0 heterocycles. The third-order valence-corrected chi connectivity index (χ3v) is 4.89. The SMILES string of the molecule is CN(C)S(=O)(=O)c1ccc(NC(=O)c2cc(F)ccc2F)cc1. The van der Waals surface area contributed by atoms with Crippen molar-refractivity contribution in [2.24, 2.45) is 0 Å². The van der Waals surface area contributed by atoms with Crippen molar-refractivity contribution in [3.05, 3.63) is 59.7 Å². The van der Waals surface area contributed by atoms with Crippen molar-refractivity contribution in [1.29, 1.82) is 0 Å². The number of benzene rings is 2. The zero-order valence-corrected chi connectivity index (χ0v) is 13.2. The summed E-state index contributed by atoms with van der Waals surface area (Å²) in [5.74, 6) is -2.41. The van der Waals surface area contributed by atoms with E-state index in [1.165, 1.54) is 38.4 Å². The molecule has 1 N–H and O–H groups in total. The molecule has 0 radical (unpaired) electrons. The summed E-state index contributed by atoms with van der Waals surface area (Å²) in [7, 11) is -0.774. The molecular weight excluding hydrogens is 326 g/mol. The fraction of sp³-hybridized carbons (Fsp3) is 0.133. The molecule has 0 aliphatic heterocycles. The van der Waals surface area contributed by atoms with Crippen LogP contribution < -0.4 is 5.32 Å². The van der Waals surface area contributed by atoms with Gasteiger partial charge in [0, 0.05) is 19.8 Å². The monoisotopic (exact) mass is 340 g/mol. The topological polar surface area (TPSA) is 66.5 Å². The van der Waals surface area contributed by atoms with Crippen LogP contribution in [0.1, 0.15) is 10.4 Å². The largest absolute Gasteiger partial charge is 0.322 e. The van der Waals surface area contributed by atoms with Crippen LogP contribution >= 0.6 is 0 Å². The van der Waals surface area contributed by atoms with E-state index in [1.807, 2.05) is 0 Å². The summed E-state index contributed by atoms with van der Waals surface area (Å²) in [6.45, 7) is 0. The first-order valence-corrected chi connectivity index (χ1v) is 7.95. The number of amides is 1.